The van der Waals surface area contributed by atoms with Gasteiger partial charge in [-0.25, -0.2) is 4.79 Å². The molecule has 0 aliphatic rings. The minimum Gasteiger partial charge on any atom is -0.408 e. The van der Waals surface area contributed by atoms with Crippen LogP contribution in [0.1, 0.15) is 13.8 Å². The number of primary amides is 1. The van der Waals surface area contributed by atoms with Gasteiger partial charge in [0.15, 0.2) is 7.26 Å². The predicted molar refractivity (Wildman–Crippen MR) is 110 cm³/mol. The fourth-order valence-corrected chi connectivity index (χ4v) is 8.49. The highest BCUT2D eigenvalue weighted by Gasteiger charge is 2.60. The first-order valence-electron chi connectivity index (χ1n) is 8.53. The van der Waals surface area contributed by atoms with E-state index in [1.807, 2.05) is 68.4 Å². The van der Waals surface area contributed by atoms with Crippen LogP contribution in [-0.2, 0) is 4.74 Å². The molecule has 0 radical (unpaired) electrons. The summed E-state index contributed by atoms with van der Waals surface area (Å²) in [4.78, 5) is 11.8. The van der Waals surface area contributed by atoms with Crippen molar-refractivity contribution in [1.29, 1.82) is 0 Å². The van der Waals surface area contributed by atoms with E-state index < -0.39 is 18.7 Å². The molecular weight excluding hydrogens is 341 g/mol. The van der Waals surface area contributed by atoms with Crippen LogP contribution in [0.5, 0.6) is 0 Å². The molecule has 0 saturated heterocycles. The van der Waals surface area contributed by atoms with Gasteiger partial charge in [0.25, 0.3) is 0 Å². The van der Waals surface area contributed by atoms with E-state index >= 15 is 0 Å². The lowest BCUT2D eigenvalue weighted by molar-refractivity contribution is 0.103. The predicted octanol–water partition coefficient (Wildman–Crippen LogP) is 3.81. The van der Waals surface area contributed by atoms with E-state index in [2.05, 4.69) is 36.4 Å². The van der Waals surface area contributed by atoms with Crippen molar-refractivity contribution in [2.24, 2.45) is 5.73 Å². The van der Waals surface area contributed by atoms with E-state index in [9.17, 15) is 4.79 Å². The van der Waals surface area contributed by atoms with E-state index in [1.165, 1.54) is 0 Å². The highest BCUT2D eigenvalue weighted by molar-refractivity contribution is 7.96. The molecule has 1 amide bonds. The highest BCUT2D eigenvalue weighted by atomic mass is 31.2. The first-order chi connectivity index (χ1) is 12.5. The number of nitrogens with two attached hydrogens (primary N) is 1. The molecule has 3 aromatic rings. The third kappa shape index (κ3) is 3.11. The second-order valence-electron chi connectivity index (χ2n) is 6.55. The van der Waals surface area contributed by atoms with Gasteiger partial charge in [-0.2, -0.15) is 0 Å². The normalized spacial score (nSPS) is 11.8. The van der Waals surface area contributed by atoms with Crippen molar-refractivity contribution < 1.29 is 9.53 Å². The number of hydrogen-bond acceptors (Lipinski definition) is 2. The van der Waals surface area contributed by atoms with Gasteiger partial charge in [-0.15, -0.1) is 0 Å². The van der Waals surface area contributed by atoms with Crippen LogP contribution in [0.2, 0.25) is 0 Å². The van der Waals surface area contributed by atoms with Crippen molar-refractivity contribution in [2.45, 2.75) is 19.2 Å². The van der Waals surface area contributed by atoms with Crippen LogP contribution in [0.3, 0.4) is 0 Å². The van der Waals surface area contributed by atoms with Gasteiger partial charge in [-0.3, -0.25) is 0 Å². The SMILES string of the molecule is CC(C)(OC(N)=O)[P+](c1ccccc1)(c1ccccc1)c1ccccc1. The summed E-state index contributed by atoms with van der Waals surface area (Å²) in [5.41, 5.74) is 5.47. The molecule has 3 rings (SSSR count). The van der Waals surface area contributed by atoms with Gasteiger partial charge in [-0.1, -0.05) is 54.6 Å². The minimum atomic E-state index is -2.33. The summed E-state index contributed by atoms with van der Waals surface area (Å²) in [7, 11) is -2.33. The summed E-state index contributed by atoms with van der Waals surface area (Å²) in [6.07, 6.45) is -0.762. The molecule has 0 heterocycles. The van der Waals surface area contributed by atoms with Crippen molar-refractivity contribution in [2.75, 3.05) is 0 Å². The van der Waals surface area contributed by atoms with E-state index in [-0.39, 0.29) is 0 Å². The van der Waals surface area contributed by atoms with Gasteiger partial charge in [-0.05, 0) is 36.4 Å². The number of carbonyl (C=O) groups is 1. The second-order valence-corrected chi connectivity index (χ2v) is 10.5. The fraction of sp³-hybridized carbons (Fsp3) is 0.136. The molecule has 3 aromatic carbocycles. The molecule has 0 saturated carbocycles. The van der Waals surface area contributed by atoms with Crippen LogP contribution in [0.4, 0.5) is 4.79 Å². The summed E-state index contributed by atoms with van der Waals surface area (Å²) in [6, 6.07) is 30.8. The molecule has 3 nitrogen and oxygen atoms in total. The second kappa shape index (κ2) is 7.31. The molecule has 132 valence electrons. The molecular formula is C22H23NO2P+. The third-order valence-corrected chi connectivity index (χ3v) is 9.51. The number of ether oxygens (including phenoxy) is 1. The molecule has 0 spiro atoms. The Bertz CT molecular complexity index is 768. The zero-order valence-corrected chi connectivity index (χ0v) is 15.9. The molecule has 0 aromatic heterocycles. The Morgan fingerprint density at radius 1 is 0.731 bits per heavy atom. The topological polar surface area (TPSA) is 52.3 Å². The van der Waals surface area contributed by atoms with Crippen molar-refractivity contribution in [3.63, 3.8) is 0 Å². The van der Waals surface area contributed by atoms with Gasteiger partial charge < -0.3 is 10.5 Å². The Kier molecular flexibility index (Phi) is 5.11. The van der Waals surface area contributed by atoms with E-state index in [4.69, 9.17) is 10.5 Å². The zero-order valence-electron chi connectivity index (χ0n) is 15.0. The van der Waals surface area contributed by atoms with Crippen LogP contribution in [0.15, 0.2) is 91.0 Å². The smallest absolute Gasteiger partial charge is 0.407 e. The van der Waals surface area contributed by atoms with Crippen LogP contribution in [-0.4, -0.2) is 11.4 Å². The molecule has 0 aliphatic carbocycles. The van der Waals surface area contributed by atoms with E-state index in [1.54, 1.807) is 0 Å². The minimum absolute atomic E-state index is 0.762. The summed E-state index contributed by atoms with van der Waals surface area (Å²) < 4.78 is 5.75. The first kappa shape index (κ1) is 18.2. The van der Waals surface area contributed by atoms with Crippen LogP contribution < -0.4 is 21.6 Å². The molecule has 2 N–H and O–H groups in total. The zero-order chi connectivity index (χ0) is 18.6. The highest BCUT2D eigenvalue weighted by Crippen LogP contribution is 2.66. The molecule has 0 unspecified atom stereocenters. The lowest BCUT2D eigenvalue weighted by atomic mass is 10.3. The van der Waals surface area contributed by atoms with Crippen molar-refractivity contribution >= 4 is 29.3 Å². The quantitative estimate of drug-likeness (QED) is 0.700. The van der Waals surface area contributed by atoms with E-state index in [0.717, 1.165) is 15.9 Å². The molecule has 0 atom stereocenters. The van der Waals surface area contributed by atoms with E-state index in [0.29, 0.717) is 0 Å². The Balaban J connectivity index is 2.41. The van der Waals surface area contributed by atoms with Crippen LogP contribution in [0, 0.1) is 0 Å². The largest absolute Gasteiger partial charge is 0.408 e. The molecule has 0 bridgehead atoms. The van der Waals surface area contributed by atoms with Crippen LogP contribution in [0.25, 0.3) is 0 Å². The standard InChI is InChI=1S/C22H22NO2P/c1-22(2,25-21(23)24)26(18-12-6-3-7-13-18,19-14-8-4-9-15-19)20-16-10-5-11-17-20/h3-17H,1-2H3,(H-,23,24)/p+1. The average Bonchev–Trinajstić information content (AvgIpc) is 2.64. The maximum Gasteiger partial charge on any atom is 0.407 e. The molecule has 0 fully saturated rings. The van der Waals surface area contributed by atoms with Gasteiger partial charge in [0.1, 0.15) is 15.9 Å². The maximum atomic E-state index is 11.8. The monoisotopic (exact) mass is 364 g/mol. The van der Waals surface area contributed by atoms with Crippen molar-refractivity contribution in [1.82, 2.24) is 0 Å². The van der Waals surface area contributed by atoms with Gasteiger partial charge in [0.2, 0.25) is 5.34 Å². The lowest BCUT2D eigenvalue weighted by Gasteiger charge is -2.38. The molecule has 26 heavy (non-hydrogen) atoms. The Labute approximate surface area is 155 Å². The Morgan fingerprint density at radius 3 is 1.31 bits per heavy atom. The number of amides is 1. The Morgan fingerprint density at radius 2 is 1.04 bits per heavy atom. The molecule has 0 aliphatic heterocycles. The van der Waals surface area contributed by atoms with Gasteiger partial charge in [0, 0.05) is 13.8 Å². The average molecular weight is 364 g/mol. The maximum absolute atomic E-state index is 11.8. The van der Waals surface area contributed by atoms with Crippen molar-refractivity contribution in [3.05, 3.63) is 91.0 Å². The summed E-state index contributed by atoms with van der Waals surface area (Å²) >= 11 is 0. The van der Waals surface area contributed by atoms with Gasteiger partial charge in [0.05, 0.1) is 0 Å². The number of hydrogen-bond donors (Lipinski definition) is 1. The number of carbonyl (C=O) groups excluding carboxylic acids is 1. The summed E-state index contributed by atoms with van der Waals surface area (Å²) in [5, 5.41) is 2.61. The number of rotatable bonds is 5. The van der Waals surface area contributed by atoms with Crippen molar-refractivity contribution in [3.8, 4) is 0 Å². The number of benzene rings is 3. The lowest BCUT2D eigenvalue weighted by Crippen LogP contribution is -2.47. The molecule has 4 heteroatoms. The first-order valence-corrected chi connectivity index (χ1v) is 10.3. The fourth-order valence-electron chi connectivity index (χ4n) is 3.65. The third-order valence-electron chi connectivity index (χ3n) is 4.59. The summed E-state index contributed by atoms with van der Waals surface area (Å²) in [6.45, 7) is 3.91. The van der Waals surface area contributed by atoms with Gasteiger partial charge >= 0.3 is 6.09 Å². The van der Waals surface area contributed by atoms with Crippen LogP contribution >= 0.6 is 7.26 Å². The Hall–Kier alpha value is -2.64. The summed E-state index contributed by atoms with van der Waals surface area (Å²) in [5.74, 6) is 0.